The first-order valence-electron chi connectivity index (χ1n) is 7.13. The number of hydrogen-bond donors (Lipinski definition) is 1. The molecule has 2 aromatic carbocycles. The van der Waals surface area contributed by atoms with Crippen LogP contribution in [-0.4, -0.2) is 20.9 Å². The van der Waals surface area contributed by atoms with Gasteiger partial charge in [0.25, 0.3) is 0 Å². The lowest BCUT2D eigenvalue weighted by molar-refractivity contribution is -0.144. The standard InChI is InChI=1S/C16H14BrClFNO4S/c17-12-5-4-11(15(19)8-12)10-24-16(21)6-7-20-25(22,23)14-3-1-2-13(18)9-14/h1-5,8-9,20H,6-7,10H2. The van der Waals surface area contributed by atoms with Gasteiger partial charge < -0.3 is 4.74 Å². The van der Waals surface area contributed by atoms with E-state index in [9.17, 15) is 17.6 Å². The van der Waals surface area contributed by atoms with Crippen molar-refractivity contribution in [2.24, 2.45) is 0 Å². The third-order valence-electron chi connectivity index (χ3n) is 3.13. The van der Waals surface area contributed by atoms with Crippen LogP contribution in [0.1, 0.15) is 12.0 Å². The Balaban J connectivity index is 1.82. The first-order valence-corrected chi connectivity index (χ1v) is 9.78. The predicted octanol–water partition coefficient (Wildman–Crippen LogP) is 3.65. The van der Waals surface area contributed by atoms with Gasteiger partial charge in [-0.15, -0.1) is 0 Å². The molecule has 134 valence electrons. The van der Waals surface area contributed by atoms with Crippen LogP contribution in [0.25, 0.3) is 0 Å². The maximum absolute atomic E-state index is 13.6. The van der Waals surface area contributed by atoms with Crippen molar-refractivity contribution in [1.29, 1.82) is 0 Å². The zero-order valence-electron chi connectivity index (χ0n) is 12.8. The van der Waals surface area contributed by atoms with E-state index in [1.54, 1.807) is 12.1 Å². The van der Waals surface area contributed by atoms with Crippen LogP contribution in [0.3, 0.4) is 0 Å². The Bertz CT molecular complexity index is 876. The summed E-state index contributed by atoms with van der Waals surface area (Å²) < 4.78 is 45.5. The number of rotatable bonds is 7. The summed E-state index contributed by atoms with van der Waals surface area (Å²) in [5.74, 6) is -1.14. The van der Waals surface area contributed by atoms with E-state index in [2.05, 4.69) is 20.7 Å². The summed E-state index contributed by atoms with van der Waals surface area (Å²) in [5.41, 5.74) is 0.232. The van der Waals surface area contributed by atoms with Gasteiger partial charge in [-0.1, -0.05) is 39.7 Å². The summed E-state index contributed by atoms with van der Waals surface area (Å²) in [6.45, 7) is -0.366. The van der Waals surface area contributed by atoms with Gasteiger partial charge in [-0.3, -0.25) is 4.79 Å². The molecular formula is C16H14BrClFNO4S. The highest BCUT2D eigenvalue weighted by molar-refractivity contribution is 9.10. The molecule has 0 unspecified atom stereocenters. The second-order valence-corrected chi connectivity index (χ2v) is 8.12. The summed E-state index contributed by atoms with van der Waals surface area (Å²) in [6.07, 6.45) is -0.183. The smallest absolute Gasteiger partial charge is 0.307 e. The van der Waals surface area contributed by atoms with Crippen molar-refractivity contribution in [3.8, 4) is 0 Å². The van der Waals surface area contributed by atoms with Crippen LogP contribution in [0.4, 0.5) is 4.39 Å². The van der Waals surface area contributed by atoms with E-state index < -0.39 is 21.8 Å². The quantitative estimate of drug-likeness (QED) is 0.654. The van der Waals surface area contributed by atoms with Gasteiger partial charge in [0, 0.05) is 21.6 Å². The van der Waals surface area contributed by atoms with E-state index in [-0.39, 0.29) is 30.0 Å². The van der Waals surface area contributed by atoms with Crippen molar-refractivity contribution in [3.05, 3.63) is 63.3 Å². The van der Waals surface area contributed by atoms with Crippen molar-refractivity contribution in [3.63, 3.8) is 0 Å². The molecule has 0 amide bonds. The Morgan fingerprint density at radius 3 is 2.68 bits per heavy atom. The third-order valence-corrected chi connectivity index (χ3v) is 5.32. The molecule has 0 saturated heterocycles. The second-order valence-electron chi connectivity index (χ2n) is 5.00. The van der Waals surface area contributed by atoms with Crippen molar-refractivity contribution in [2.45, 2.75) is 17.9 Å². The molecule has 2 aromatic rings. The maximum atomic E-state index is 13.6. The lowest BCUT2D eigenvalue weighted by Crippen LogP contribution is -2.26. The number of nitrogens with one attached hydrogen (secondary N) is 1. The number of esters is 1. The van der Waals surface area contributed by atoms with Gasteiger partial charge in [-0.2, -0.15) is 0 Å². The molecule has 0 fully saturated rings. The van der Waals surface area contributed by atoms with Gasteiger partial charge >= 0.3 is 5.97 Å². The molecule has 0 spiro atoms. The maximum Gasteiger partial charge on any atom is 0.307 e. The number of sulfonamides is 1. The van der Waals surface area contributed by atoms with E-state index >= 15 is 0 Å². The van der Waals surface area contributed by atoms with Crippen LogP contribution in [-0.2, 0) is 26.2 Å². The number of carbonyl (C=O) groups is 1. The topological polar surface area (TPSA) is 72.5 Å². The normalized spacial score (nSPS) is 11.3. The average Bonchev–Trinajstić information content (AvgIpc) is 2.54. The molecule has 9 heteroatoms. The number of hydrogen-bond acceptors (Lipinski definition) is 4. The lowest BCUT2D eigenvalue weighted by Gasteiger charge is -2.08. The first-order chi connectivity index (χ1) is 11.8. The molecule has 0 atom stereocenters. The van der Waals surface area contributed by atoms with Gasteiger partial charge in [-0.05, 0) is 30.3 Å². The summed E-state index contributed by atoms with van der Waals surface area (Å²) in [5, 5.41) is 0.291. The van der Waals surface area contributed by atoms with Crippen LogP contribution >= 0.6 is 27.5 Å². The minimum absolute atomic E-state index is 0.00491. The van der Waals surface area contributed by atoms with Gasteiger partial charge in [0.2, 0.25) is 10.0 Å². The van der Waals surface area contributed by atoms with Gasteiger partial charge in [0.05, 0.1) is 11.3 Å². The molecule has 0 heterocycles. The largest absolute Gasteiger partial charge is 0.461 e. The summed E-state index contributed by atoms with van der Waals surface area (Å²) >= 11 is 8.89. The minimum atomic E-state index is -3.76. The third kappa shape index (κ3) is 6.07. The fraction of sp³-hybridized carbons (Fsp3) is 0.188. The van der Waals surface area contributed by atoms with Crippen LogP contribution < -0.4 is 4.72 Å². The zero-order chi connectivity index (χ0) is 18.4. The van der Waals surface area contributed by atoms with E-state index in [0.29, 0.717) is 9.50 Å². The van der Waals surface area contributed by atoms with Crippen molar-refractivity contribution >= 4 is 43.5 Å². The van der Waals surface area contributed by atoms with E-state index in [4.69, 9.17) is 16.3 Å². The van der Waals surface area contributed by atoms with Crippen LogP contribution in [0, 0.1) is 5.82 Å². The molecule has 0 aliphatic heterocycles. The first kappa shape index (κ1) is 19.8. The predicted molar refractivity (Wildman–Crippen MR) is 95.2 cm³/mol. The highest BCUT2D eigenvalue weighted by Gasteiger charge is 2.15. The number of ether oxygens (including phenoxy) is 1. The van der Waals surface area contributed by atoms with Crippen molar-refractivity contribution < 1.29 is 22.3 Å². The van der Waals surface area contributed by atoms with Crippen LogP contribution in [0.15, 0.2) is 51.8 Å². The monoisotopic (exact) mass is 449 g/mol. The average molecular weight is 451 g/mol. The highest BCUT2D eigenvalue weighted by Crippen LogP contribution is 2.17. The lowest BCUT2D eigenvalue weighted by atomic mass is 10.2. The highest BCUT2D eigenvalue weighted by atomic mass is 79.9. The zero-order valence-corrected chi connectivity index (χ0v) is 16.0. The Morgan fingerprint density at radius 2 is 2.00 bits per heavy atom. The molecule has 2 rings (SSSR count). The molecule has 5 nitrogen and oxygen atoms in total. The fourth-order valence-electron chi connectivity index (χ4n) is 1.87. The molecule has 0 bridgehead atoms. The van der Waals surface area contributed by atoms with E-state index in [1.807, 2.05) is 0 Å². The van der Waals surface area contributed by atoms with Crippen molar-refractivity contribution in [1.82, 2.24) is 4.72 Å². The van der Waals surface area contributed by atoms with Gasteiger partial charge in [0.1, 0.15) is 12.4 Å². The number of halogens is 3. The number of benzene rings is 2. The van der Waals surface area contributed by atoms with Crippen LogP contribution in [0.5, 0.6) is 0 Å². The summed E-state index contributed by atoms with van der Waals surface area (Å²) in [7, 11) is -3.76. The molecule has 0 saturated carbocycles. The SMILES string of the molecule is O=C(CCNS(=O)(=O)c1cccc(Cl)c1)OCc1ccc(Br)cc1F. The molecule has 1 N–H and O–H groups in total. The molecule has 25 heavy (non-hydrogen) atoms. The Kier molecular flexibility index (Phi) is 6.95. The second kappa shape index (κ2) is 8.75. The van der Waals surface area contributed by atoms with Gasteiger partial charge in [-0.25, -0.2) is 17.5 Å². The Morgan fingerprint density at radius 1 is 1.24 bits per heavy atom. The van der Waals surface area contributed by atoms with Crippen molar-refractivity contribution in [2.75, 3.05) is 6.54 Å². The fourth-order valence-corrected chi connectivity index (χ4v) is 3.54. The molecular weight excluding hydrogens is 437 g/mol. The Labute approximate surface area is 158 Å². The molecule has 0 aliphatic rings. The molecule has 0 radical (unpaired) electrons. The van der Waals surface area contributed by atoms with Gasteiger partial charge in [0.15, 0.2) is 0 Å². The summed E-state index contributed by atoms with van der Waals surface area (Å²) in [4.78, 5) is 11.7. The van der Waals surface area contributed by atoms with Crippen LogP contribution in [0.2, 0.25) is 5.02 Å². The van der Waals surface area contributed by atoms with E-state index in [0.717, 1.165) is 0 Å². The molecule has 0 aromatic heterocycles. The minimum Gasteiger partial charge on any atom is -0.461 e. The summed E-state index contributed by atoms with van der Waals surface area (Å²) in [6, 6.07) is 10.2. The molecule has 0 aliphatic carbocycles. The van der Waals surface area contributed by atoms with E-state index in [1.165, 1.54) is 30.3 Å². The number of carbonyl (C=O) groups excluding carboxylic acids is 1. The Hall–Kier alpha value is -1.48.